The normalized spacial score (nSPS) is 20.1. The third-order valence-corrected chi connectivity index (χ3v) is 6.75. The van der Waals surface area contributed by atoms with Crippen LogP contribution in [0.2, 0.25) is 0 Å². The van der Waals surface area contributed by atoms with E-state index in [1.807, 2.05) is 6.08 Å². The van der Waals surface area contributed by atoms with Crippen molar-refractivity contribution in [1.29, 1.82) is 0 Å². The number of ether oxygens (including phenoxy) is 1. The summed E-state index contributed by atoms with van der Waals surface area (Å²) in [5.74, 6) is 3.54. The molecule has 30 heavy (non-hydrogen) atoms. The molecule has 2 fully saturated rings. The fourth-order valence-electron chi connectivity index (χ4n) is 5.03. The number of rotatable bonds is 6. The van der Waals surface area contributed by atoms with Crippen LogP contribution in [0.1, 0.15) is 30.7 Å². The number of nitrogens with zero attached hydrogens (tertiary/aromatic N) is 4. The molecule has 0 amide bonds. The van der Waals surface area contributed by atoms with Crippen LogP contribution in [0.15, 0.2) is 55.1 Å². The number of hydrogen-bond donors (Lipinski definition) is 0. The van der Waals surface area contributed by atoms with Gasteiger partial charge in [0.25, 0.3) is 0 Å². The monoisotopic (exact) mass is 402 g/mol. The fraction of sp³-hybridized carbons (Fsp3) is 0.440. The van der Waals surface area contributed by atoms with E-state index in [1.54, 1.807) is 0 Å². The van der Waals surface area contributed by atoms with E-state index in [-0.39, 0.29) is 0 Å². The van der Waals surface area contributed by atoms with Crippen LogP contribution >= 0.6 is 0 Å². The molecule has 2 aromatic carbocycles. The highest BCUT2D eigenvalue weighted by atomic mass is 16.5. The Labute approximate surface area is 178 Å². The molecular formula is C25H30N4O. The Bertz CT molecular complexity index is 1010. The highest BCUT2D eigenvalue weighted by Gasteiger charge is 2.30. The number of allylic oxidation sites excluding steroid dienone is 1. The lowest BCUT2D eigenvalue weighted by Crippen LogP contribution is -2.38. The van der Waals surface area contributed by atoms with Crippen molar-refractivity contribution >= 4 is 16.7 Å². The first-order chi connectivity index (χ1) is 14.8. The zero-order valence-corrected chi connectivity index (χ0v) is 17.5. The van der Waals surface area contributed by atoms with E-state index < -0.39 is 0 Å². The molecular weight excluding hydrogens is 372 g/mol. The van der Waals surface area contributed by atoms with Crippen molar-refractivity contribution in [2.45, 2.75) is 32.2 Å². The molecule has 0 N–H and O–H groups in total. The molecule has 0 aliphatic carbocycles. The minimum Gasteiger partial charge on any atom is -0.381 e. The van der Waals surface area contributed by atoms with Crippen molar-refractivity contribution in [2.75, 3.05) is 31.2 Å². The molecule has 2 aliphatic rings. The van der Waals surface area contributed by atoms with Crippen molar-refractivity contribution in [1.82, 2.24) is 14.8 Å². The minimum absolute atomic E-state index is 0.738. The average Bonchev–Trinajstić information content (AvgIpc) is 3.45. The highest BCUT2D eigenvalue weighted by molar-refractivity contribution is 5.83. The second kappa shape index (κ2) is 8.60. The molecule has 5 rings (SSSR count). The summed E-state index contributed by atoms with van der Waals surface area (Å²) in [6.45, 7) is 8.69. The summed E-state index contributed by atoms with van der Waals surface area (Å²) in [6, 6.07) is 15.1. The van der Waals surface area contributed by atoms with Crippen LogP contribution < -0.4 is 4.90 Å². The van der Waals surface area contributed by atoms with Crippen molar-refractivity contribution in [3.63, 3.8) is 0 Å². The molecule has 0 radical (unpaired) electrons. The summed E-state index contributed by atoms with van der Waals surface area (Å²) in [7, 11) is 0. The van der Waals surface area contributed by atoms with Crippen LogP contribution in [0, 0.1) is 11.8 Å². The maximum Gasteiger partial charge on any atom is 0.227 e. The van der Waals surface area contributed by atoms with E-state index in [9.17, 15) is 0 Å². The molecule has 0 saturated carbocycles. The Morgan fingerprint density at radius 2 is 1.83 bits per heavy atom. The van der Waals surface area contributed by atoms with Gasteiger partial charge in [0.1, 0.15) is 5.82 Å². The number of piperidine rings is 1. The first kappa shape index (κ1) is 19.3. The highest BCUT2D eigenvalue weighted by Crippen LogP contribution is 2.32. The van der Waals surface area contributed by atoms with Crippen molar-refractivity contribution < 1.29 is 4.74 Å². The summed E-state index contributed by atoms with van der Waals surface area (Å²) in [6.07, 6.45) is 6.39. The van der Waals surface area contributed by atoms with Gasteiger partial charge in [-0.05, 0) is 47.4 Å². The van der Waals surface area contributed by atoms with Gasteiger partial charge in [0.2, 0.25) is 5.95 Å². The van der Waals surface area contributed by atoms with Gasteiger partial charge in [0, 0.05) is 39.3 Å². The molecule has 1 atom stereocenters. The smallest absolute Gasteiger partial charge is 0.227 e. The quantitative estimate of drug-likeness (QED) is 0.571. The fourth-order valence-corrected chi connectivity index (χ4v) is 5.03. The number of anilines is 1. The van der Waals surface area contributed by atoms with Crippen molar-refractivity contribution in [3.05, 3.63) is 66.5 Å². The lowest BCUT2D eigenvalue weighted by atomic mass is 9.84. The maximum absolute atomic E-state index is 5.61. The van der Waals surface area contributed by atoms with E-state index in [0.717, 1.165) is 62.9 Å². The summed E-state index contributed by atoms with van der Waals surface area (Å²) < 4.78 is 7.85. The van der Waals surface area contributed by atoms with Gasteiger partial charge in [0.05, 0.1) is 0 Å². The predicted octanol–water partition coefficient (Wildman–Crippen LogP) is 4.46. The van der Waals surface area contributed by atoms with Crippen LogP contribution in [-0.2, 0) is 17.7 Å². The Morgan fingerprint density at radius 3 is 2.60 bits per heavy atom. The molecule has 1 aromatic heterocycles. The number of hydrogen-bond acceptors (Lipinski definition) is 4. The number of aromatic nitrogens is 3. The van der Waals surface area contributed by atoms with Gasteiger partial charge in [-0.15, -0.1) is 16.8 Å². The van der Waals surface area contributed by atoms with Crippen LogP contribution in [0.4, 0.5) is 5.95 Å². The Morgan fingerprint density at radius 1 is 1.00 bits per heavy atom. The second-order valence-corrected chi connectivity index (χ2v) is 8.62. The second-order valence-electron chi connectivity index (χ2n) is 8.62. The van der Waals surface area contributed by atoms with Crippen LogP contribution in [0.5, 0.6) is 0 Å². The standard InChI is InChI=1S/C25H30N4O/c1-2-12-29-24(17-19-7-8-20-5-3-4-6-22(20)16-19)26-27-25(29)28-13-9-21(10-14-28)23-11-15-30-18-23/h2-8,16,21,23H,1,9-15,17-18H2. The predicted molar refractivity (Wildman–Crippen MR) is 121 cm³/mol. The van der Waals surface area contributed by atoms with Crippen molar-refractivity contribution in [2.24, 2.45) is 11.8 Å². The Kier molecular flexibility index (Phi) is 5.54. The summed E-state index contributed by atoms with van der Waals surface area (Å²) in [5.41, 5.74) is 1.26. The first-order valence-electron chi connectivity index (χ1n) is 11.1. The Hall–Kier alpha value is -2.66. The number of benzene rings is 2. The molecule has 2 aliphatic heterocycles. The molecule has 0 spiro atoms. The van der Waals surface area contributed by atoms with E-state index >= 15 is 0 Å². The molecule has 5 heteroatoms. The summed E-state index contributed by atoms with van der Waals surface area (Å²) in [5, 5.41) is 11.7. The summed E-state index contributed by atoms with van der Waals surface area (Å²) in [4.78, 5) is 2.41. The van der Waals surface area contributed by atoms with Gasteiger partial charge in [-0.1, -0.05) is 48.5 Å². The topological polar surface area (TPSA) is 43.2 Å². The zero-order valence-electron chi connectivity index (χ0n) is 17.5. The zero-order chi connectivity index (χ0) is 20.3. The largest absolute Gasteiger partial charge is 0.381 e. The molecule has 5 nitrogen and oxygen atoms in total. The number of fused-ring (bicyclic) bond motifs is 1. The molecule has 1 unspecified atom stereocenters. The van der Waals surface area contributed by atoms with E-state index in [4.69, 9.17) is 4.74 Å². The van der Waals surface area contributed by atoms with E-state index in [2.05, 4.69) is 68.7 Å². The van der Waals surface area contributed by atoms with E-state index in [1.165, 1.54) is 35.6 Å². The Balaban J connectivity index is 1.33. The first-order valence-corrected chi connectivity index (χ1v) is 11.1. The lowest BCUT2D eigenvalue weighted by molar-refractivity contribution is 0.164. The minimum atomic E-state index is 0.738. The van der Waals surface area contributed by atoms with E-state index in [0.29, 0.717) is 0 Å². The van der Waals surface area contributed by atoms with Crippen molar-refractivity contribution in [3.8, 4) is 0 Å². The molecule has 3 heterocycles. The third-order valence-electron chi connectivity index (χ3n) is 6.75. The van der Waals surface area contributed by atoms with Crippen LogP contribution in [0.3, 0.4) is 0 Å². The van der Waals surface area contributed by atoms with Crippen LogP contribution in [0.25, 0.3) is 10.8 Å². The average molecular weight is 403 g/mol. The SMILES string of the molecule is C=CCn1c(Cc2ccc3ccccc3c2)nnc1N1CCC(C2CCOC2)CC1. The van der Waals surface area contributed by atoms with Gasteiger partial charge in [0.15, 0.2) is 0 Å². The van der Waals surface area contributed by atoms with Gasteiger partial charge in [-0.25, -0.2) is 0 Å². The maximum atomic E-state index is 5.61. The van der Waals surface area contributed by atoms with Gasteiger partial charge < -0.3 is 9.64 Å². The molecule has 3 aromatic rings. The van der Waals surface area contributed by atoms with Gasteiger partial charge >= 0.3 is 0 Å². The molecule has 2 saturated heterocycles. The lowest BCUT2D eigenvalue weighted by Gasteiger charge is -2.34. The molecule has 156 valence electrons. The van der Waals surface area contributed by atoms with Gasteiger partial charge in [-0.2, -0.15) is 0 Å². The third kappa shape index (κ3) is 3.86. The van der Waals surface area contributed by atoms with Crippen LogP contribution in [-0.4, -0.2) is 41.1 Å². The molecule has 0 bridgehead atoms. The van der Waals surface area contributed by atoms with Gasteiger partial charge in [-0.3, -0.25) is 4.57 Å². The summed E-state index contributed by atoms with van der Waals surface area (Å²) >= 11 is 0.